The number of Topliss-reactive ketones (excluding diaryl/α,β-unsaturated/α-hetero) is 1. The third kappa shape index (κ3) is 4.72. The van der Waals surface area contributed by atoms with Crippen molar-refractivity contribution in [2.24, 2.45) is 35.3 Å². The molecule has 1 aliphatic carbocycles. The second kappa shape index (κ2) is 7.28. The molecule has 1 fully saturated rings. The lowest BCUT2D eigenvalue weighted by Gasteiger charge is -2.32. The van der Waals surface area contributed by atoms with Crippen molar-refractivity contribution in [1.29, 1.82) is 0 Å². The number of hydrogen-bond acceptors (Lipinski definition) is 2. The Labute approximate surface area is 113 Å². The van der Waals surface area contributed by atoms with Gasteiger partial charge in [-0.05, 0) is 55.9 Å². The molecular weight excluding hydrogens is 222 g/mol. The van der Waals surface area contributed by atoms with Gasteiger partial charge in [0.2, 0.25) is 0 Å². The predicted octanol–water partition coefficient (Wildman–Crippen LogP) is 3.64. The fourth-order valence-corrected chi connectivity index (χ4v) is 3.22. The SMILES string of the molecule is CC(C)CC(CN)CC(=O)C1CCC(C)C(C)C1. The van der Waals surface area contributed by atoms with Crippen molar-refractivity contribution in [2.45, 2.75) is 59.8 Å². The van der Waals surface area contributed by atoms with Gasteiger partial charge in [-0.15, -0.1) is 0 Å². The smallest absolute Gasteiger partial charge is 0.136 e. The Morgan fingerprint density at radius 3 is 2.39 bits per heavy atom. The van der Waals surface area contributed by atoms with Crippen LogP contribution in [0.5, 0.6) is 0 Å². The third-order valence-electron chi connectivity index (χ3n) is 4.68. The molecule has 0 radical (unpaired) electrons. The largest absolute Gasteiger partial charge is 0.330 e. The van der Waals surface area contributed by atoms with Crippen LogP contribution in [0.4, 0.5) is 0 Å². The first-order chi connectivity index (χ1) is 8.43. The van der Waals surface area contributed by atoms with Crippen molar-refractivity contribution in [1.82, 2.24) is 0 Å². The summed E-state index contributed by atoms with van der Waals surface area (Å²) in [5.41, 5.74) is 5.80. The average molecular weight is 253 g/mol. The van der Waals surface area contributed by atoms with Crippen LogP contribution >= 0.6 is 0 Å². The second-order valence-electron chi connectivity index (χ2n) is 6.87. The number of hydrogen-bond donors (Lipinski definition) is 1. The van der Waals surface area contributed by atoms with E-state index in [4.69, 9.17) is 5.73 Å². The lowest BCUT2D eigenvalue weighted by molar-refractivity contribution is -0.125. The van der Waals surface area contributed by atoms with E-state index in [0.29, 0.717) is 42.4 Å². The zero-order valence-corrected chi connectivity index (χ0v) is 12.6. The van der Waals surface area contributed by atoms with E-state index in [1.807, 2.05) is 0 Å². The van der Waals surface area contributed by atoms with Crippen molar-refractivity contribution in [3.8, 4) is 0 Å². The molecule has 2 N–H and O–H groups in total. The molecule has 0 saturated heterocycles. The Hall–Kier alpha value is -0.370. The molecule has 18 heavy (non-hydrogen) atoms. The van der Waals surface area contributed by atoms with Gasteiger partial charge in [-0.25, -0.2) is 0 Å². The molecule has 2 heteroatoms. The zero-order valence-electron chi connectivity index (χ0n) is 12.6. The molecule has 106 valence electrons. The number of nitrogens with two attached hydrogens (primary N) is 1. The van der Waals surface area contributed by atoms with E-state index in [1.54, 1.807) is 0 Å². The minimum absolute atomic E-state index is 0.317. The van der Waals surface area contributed by atoms with Gasteiger partial charge in [-0.3, -0.25) is 4.79 Å². The maximum absolute atomic E-state index is 12.3. The molecule has 1 saturated carbocycles. The van der Waals surface area contributed by atoms with Crippen molar-refractivity contribution in [2.75, 3.05) is 6.54 Å². The van der Waals surface area contributed by atoms with E-state index < -0.39 is 0 Å². The molecule has 4 atom stereocenters. The third-order valence-corrected chi connectivity index (χ3v) is 4.68. The van der Waals surface area contributed by atoms with E-state index in [0.717, 1.165) is 25.2 Å². The molecule has 0 bridgehead atoms. The van der Waals surface area contributed by atoms with Gasteiger partial charge in [0.15, 0.2) is 0 Å². The van der Waals surface area contributed by atoms with Gasteiger partial charge in [0.05, 0.1) is 0 Å². The van der Waals surface area contributed by atoms with E-state index in [9.17, 15) is 4.79 Å². The van der Waals surface area contributed by atoms with Crippen LogP contribution in [0.1, 0.15) is 59.8 Å². The first kappa shape index (κ1) is 15.7. The normalized spacial score (nSPS) is 30.4. The van der Waals surface area contributed by atoms with Gasteiger partial charge >= 0.3 is 0 Å². The predicted molar refractivity (Wildman–Crippen MR) is 77.3 cm³/mol. The topological polar surface area (TPSA) is 43.1 Å². The fraction of sp³-hybridized carbons (Fsp3) is 0.938. The Kier molecular flexibility index (Phi) is 6.34. The van der Waals surface area contributed by atoms with Gasteiger partial charge in [0.1, 0.15) is 5.78 Å². The molecule has 0 amide bonds. The van der Waals surface area contributed by atoms with E-state index in [1.165, 1.54) is 6.42 Å². The van der Waals surface area contributed by atoms with Crippen molar-refractivity contribution in [3.63, 3.8) is 0 Å². The summed E-state index contributed by atoms with van der Waals surface area (Å²) < 4.78 is 0. The quantitative estimate of drug-likeness (QED) is 0.785. The lowest BCUT2D eigenvalue weighted by atomic mass is 9.73. The number of carbonyl (C=O) groups excluding carboxylic acids is 1. The van der Waals surface area contributed by atoms with Gasteiger partial charge in [-0.2, -0.15) is 0 Å². The highest BCUT2D eigenvalue weighted by Crippen LogP contribution is 2.35. The highest BCUT2D eigenvalue weighted by molar-refractivity contribution is 5.81. The fourth-order valence-electron chi connectivity index (χ4n) is 3.22. The van der Waals surface area contributed by atoms with Gasteiger partial charge < -0.3 is 5.73 Å². The summed E-state index contributed by atoms with van der Waals surface area (Å²) in [5.74, 6) is 3.32. The monoisotopic (exact) mass is 253 g/mol. The van der Waals surface area contributed by atoms with E-state index in [2.05, 4.69) is 27.7 Å². The zero-order chi connectivity index (χ0) is 13.7. The molecule has 1 aliphatic rings. The summed E-state index contributed by atoms with van der Waals surface area (Å²) >= 11 is 0. The molecule has 4 unspecified atom stereocenters. The number of ketones is 1. The van der Waals surface area contributed by atoms with Crippen molar-refractivity contribution < 1.29 is 4.79 Å². The average Bonchev–Trinajstić information content (AvgIpc) is 2.31. The van der Waals surface area contributed by atoms with Crippen LogP contribution in [-0.2, 0) is 4.79 Å². The van der Waals surface area contributed by atoms with Crippen LogP contribution in [0.3, 0.4) is 0 Å². The number of rotatable bonds is 6. The molecule has 0 aromatic heterocycles. The minimum Gasteiger partial charge on any atom is -0.330 e. The second-order valence-corrected chi connectivity index (χ2v) is 6.87. The van der Waals surface area contributed by atoms with E-state index >= 15 is 0 Å². The lowest BCUT2D eigenvalue weighted by Crippen LogP contribution is -2.29. The Balaban J connectivity index is 2.44. The summed E-state index contributed by atoms with van der Waals surface area (Å²) in [6, 6.07) is 0. The molecule has 0 aromatic rings. The summed E-state index contributed by atoms with van der Waals surface area (Å²) in [5, 5.41) is 0. The first-order valence-corrected chi connectivity index (χ1v) is 7.66. The molecule has 0 heterocycles. The number of carbonyl (C=O) groups is 1. The van der Waals surface area contributed by atoms with Crippen LogP contribution in [0.2, 0.25) is 0 Å². The van der Waals surface area contributed by atoms with Gasteiger partial charge in [0, 0.05) is 12.3 Å². The van der Waals surface area contributed by atoms with E-state index in [-0.39, 0.29) is 0 Å². The summed E-state index contributed by atoms with van der Waals surface area (Å²) in [4.78, 5) is 12.3. The van der Waals surface area contributed by atoms with Crippen LogP contribution < -0.4 is 5.73 Å². The van der Waals surface area contributed by atoms with Gasteiger partial charge in [-0.1, -0.05) is 27.7 Å². The Morgan fingerprint density at radius 2 is 1.89 bits per heavy atom. The molecule has 0 aliphatic heterocycles. The standard InChI is InChI=1S/C16H31NO/c1-11(2)7-14(10-17)9-16(18)15-6-5-12(3)13(4)8-15/h11-15H,5-10,17H2,1-4H3. The van der Waals surface area contributed by atoms with Crippen molar-refractivity contribution >= 4 is 5.78 Å². The maximum atomic E-state index is 12.3. The molecule has 0 spiro atoms. The van der Waals surface area contributed by atoms with Crippen LogP contribution in [0.15, 0.2) is 0 Å². The van der Waals surface area contributed by atoms with Crippen LogP contribution in [0, 0.1) is 29.6 Å². The maximum Gasteiger partial charge on any atom is 0.136 e. The molecule has 1 rings (SSSR count). The molecule has 2 nitrogen and oxygen atoms in total. The van der Waals surface area contributed by atoms with Crippen LogP contribution in [-0.4, -0.2) is 12.3 Å². The molecular formula is C16H31NO. The Morgan fingerprint density at radius 1 is 1.22 bits per heavy atom. The molecule has 0 aromatic carbocycles. The summed E-state index contributed by atoms with van der Waals surface area (Å²) in [6.07, 6.45) is 5.21. The Bertz CT molecular complexity index is 262. The summed E-state index contributed by atoms with van der Waals surface area (Å²) in [6.45, 7) is 9.67. The summed E-state index contributed by atoms with van der Waals surface area (Å²) in [7, 11) is 0. The van der Waals surface area contributed by atoms with Crippen molar-refractivity contribution in [3.05, 3.63) is 0 Å². The van der Waals surface area contributed by atoms with Gasteiger partial charge in [0.25, 0.3) is 0 Å². The minimum atomic E-state index is 0.317. The first-order valence-electron chi connectivity index (χ1n) is 7.66. The highest BCUT2D eigenvalue weighted by Gasteiger charge is 2.29. The van der Waals surface area contributed by atoms with Crippen LogP contribution in [0.25, 0.3) is 0 Å². The highest BCUT2D eigenvalue weighted by atomic mass is 16.1.